The van der Waals surface area contributed by atoms with E-state index in [0.717, 1.165) is 6.07 Å². The first-order valence-corrected chi connectivity index (χ1v) is 10.6. The van der Waals surface area contributed by atoms with E-state index in [1.165, 1.54) is 23.9 Å². The van der Waals surface area contributed by atoms with Crippen molar-refractivity contribution in [3.05, 3.63) is 62.5 Å². The maximum absolute atomic E-state index is 14.6. The Hall–Kier alpha value is -2.56. The minimum absolute atomic E-state index is 0.177. The van der Waals surface area contributed by atoms with Gasteiger partial charge in [0.15, 0.2) is 0 Å². The highest BCUT2D eigenvalue weighted by Crippen LogP contribution is 2.67. The summed E-state index contributed by atoms with van der Waals surface area (Å²) in [5.74, 6) is -1.14. The molecular weight excluding hydrogens is 499 g/mol. The van der Waals surface area contributed by atoms with Crippen LogP contribution in [0.3, 0.4) is 0 Å². The lowest BCUT2D eigenvalue weighted by Gasteiger charge is -2.66. The highest BCUT2D eigenvalue weighted by Gasteiger charge is 2.70. The van der Waals surface area contributed by atoms with Crippen LogP contribution in [0.4, 0.5) is 27.8 Å². The second-order valence-electron chi connectivity index (χ2n) is 8.58. The van der Waals surface area contributed by atoms with Gasteiger partial charge >= 0.3 is 6.18 Å². The Bertz CT molecular complexity index is 1300. The van der Waals surface area contributed by atoms with Gasteiger partial charge in [-0.3, -0.25) is 4.79 Å². The Morgan fingerprint density at radius 2 is 1.91 bits per heavy atom. The number of aromatic nitrogens is 3. The molecule has 0 saturated heterocycles. The van der Waals surface area contributed by atoms with Crippen LogP contribution in [0.2, 0.25) is 0 Å². The van der Waals surface area contributed by atoms with Gasteiger partial charge in [-0.1, -0.05) is 12.1 Å². The lowest BCUT2D eigenvalue weighted by molar-refractivity contribution is -0.199. The van der Waals surface area contributed by atoms with Crippen molar-refractivity contribution in [1.29, 1.82) is 0 Å². The first-order chi connectivity index (χ1) is 14.9. The molecule has 0 unspecified atom stereocenters. The van der Waals surface area contributed by atoms with E-state index >= 15 is 0 Å². The number of fused-ring (bicyclic) bond motifs is 1. The predicted molar refractivity (Wildman–Crippen MR) is 111 cm³/mol. The van der Waals surface area contributed by atoms with Crippen LogP contribution in [-0.2, 0) is 11.7 Å². The maximum Gasteiger partial charge on any atom is 0.419 e. The van der Waals surface area contributed by atoms with Gasteiger partial charge in [-0.25, -0.2) is 18.7 Å². The van der Waals surface area contributed by atoms with Gasteiger partial charge in [-0.05, 0) is 28.9 Å². The van der Waals surface area contributed by atoms with Crippen molar-refractivity contribution >= 4 is 32.7 Å². The molecule has 1 atom stereocenters. The normalized spacial score (nSPS) is 25.2. The summed E-state index contributed by atoms with van der Waals surface area (Å²) in [5.41, 5.74) is -3.39. The van der Waals surface area contributed by atoms with Gasteiger partial charge in [0.1, 0.15) is 28.1 Å². The second-order valence-corrected chi connectivity index (χ2v) is 9.37. The molecule has 3 saturated carbocycles. The molecule has 2 heterocycles. The van der Waals surface area contributed by atoms with Crippen LogP contribution in [0, 0.1) is 5.82 Å². The number of anilines is 1. The van der Waals surface area contributed by atoms with Crippen LogP contribution in [0.15, 0.2) is 40.0 Å². The molecule has 168 valence electrons. The Kier molecular flexibility index (Phi) is 4.47. The van der Waals surface area contributed by atoms with Crippen molar-refractivity contribution in [3.63, 3.8) is 0 Å². The van der Waals surface area contributed by atoms with Gasteiger partial charge in [0, 0.05) is 31.0 Å². The number of pyridine rings is 1. The standard InChI is InChI=1S/C21H16BrF5N4O/c1-10(11-3-2-4-13(15(11)23)21(25,26)27)30-17-12-5-31(20-6-19(24,7-20)8-20)18(32)14(22)16(12)28-9-29-17/h2-5,9-10H,6-8H2,1H3,(H,28,29,30)/t10-,19?,20?/m1/s1. The summed E-state index contributed by atoms with van der Waals surface area (Å²) in [6.07, 6.45) is -1.33. The third-order valence-corrected chi connectivity index (χ3v) is 7.07. The van der Waals surface area contributed by atoms with Crippen molar-refractivity contribution in [2.75, 3.05) is 5.32 Å². The van der Waals surface area contributed by atoms with E-state index in [1.807, 2.05) is 0 Å². The van der Waals surface area contributed by atoms with E-state index in [-0.39, 0.29) is 40.7 Å². The first-order valence-electron chi connectivity index (χ1n) is 9.82. The van der Waals surface area contributed by atoms with Crippen LogP contribution in [0.25, 0.3) is 10.9 Å². The van der Waals surface area contributed by atoms with Crippen molar-refractivity contribution in [2.45, 2.75) is 49.6 Å². The number of benzene rings is 1. The lowest BCUT2D eigenvalue weighted by atomic mass is 9.47. The zero-order valence-electron chi connectivity index (χ0n) is 16.6. The average Bonchev–Trinajstić information content (AvgIpc) is 2.67. The molecular formula is C21H16BrF5N4O. The molecule has 3 fully saturated rings. The number of hydrogen-bond donors (Lipinski definition) is 1. The van der Waals surface area contributed by atoms with Crippen LogP contribution < -0.4 is 10.9 Å². The summed E-state index contributed by atoms with van der Waals surface area (Å²) in [5, 5.41) is 3.35. The number of rotatable bonds is 4. The molecule has 0 spiro atoms. The Morgan fingerprint density at radius 1 is 1.22 bits per heavy atom. The molecule has 0 amide bonds. The smallest absolute Gasteiger partial charge is 0.363 e. The van der Waals surface area contributed by atoms with Crippen molar-refractivity contribution in [3.8, 4) is 0 Å². The first kappa shape index (κ1) is 21.3. The monoisotopic (exact) mass is 514 g/mol. The molecule has 0 radical (unpaired) electrons. The molecule has 3 aromatic rings. The maximum atomic E-state index is 14.6. The fraction of sp³-hybridized carbons (Fsp3) is 0.381. The minimum Gasteiger partial charge on any atom is -0.363 e. The van der Waals surface area contributed by atoms with E-state index < -0.39 is 34.8 Å². The Balaban J connectivity index is 1.56. The average molecular weight is 515 g/mol. The predicted octanol–water partition coefficient (Wildman–Crippen LogP) is 5.49. The zero-order valence-corrected chi connectivity index (χ0v) is 18.2. The van der Waals surface area contributed by atoms with E-state index in [1.54, 1.807) is 6.20 Å². The summed E-state index contributed by atoms with van der Waals surface area (Å²) >= 11 is 3.27. The fourth-order valence-corrected chi connectivity index (χ4v) is 5.32. The second kappa shape index (κ2) is 6.72. The topological polar surface area (TPSA) is 59.8 Å². The summed E-state index contributed by atoms with van der Waals surface area (Å²) in [4.78, 5) is 21.1. The van der Waals surface area contributed by atoms with E-state index in [9.17, 15) is 26.7 Å². The number of alkyl halides is 4. The SMILES string of the molecule is C[C@@H](Nc1ncnc2c(Br)c(=O)n(C34CC(F)(C3)C4)cc12)c1cccc(C(F)(F)F)c1F. The van der Waals surface area contributed by atoms with Gasteiger partial charge in [-0.2, -0.15) is 13.2 Å². The Morgan fingerprint density at radius 3 is 2.53 bits per heavy atom. The number of nitrogens with zero attached hydrogens (tertiary/aromatic N) is 3. The molecule has 2 bridgehead atoms. The van der Waals surface area contributed by atoms with Crippen molar-refractivity contribution < 1.29 is 22.0 Å². The number of hydrogen-bond acceptors (Lipinski definition) is 4. The Labute approximate surface area is 186 Å². The largest absolute Gasteiger partial charge is 0.419 e. The lowest BCUT2D eigenvalue weighted by Crippen LogP contribution is -2.71. The molecule has 5 nitrogen and oxygen atoms in total. The van der Waals surface area contributed by atoms with Gasteiger partial charge in [0.05, 0.1) is 28.0 Å². The highest BCUT2D eigenvalue weighted by atomic mass is 79.9. The van der Waals surface area contributed by atoms with Crippen molar-refractivity contribution in [1.82, 2.24) is 14.5 Å². The van der Waals surface area contributed by atoms with Gasteiger partial charge in [0.25, 0.3) is 5.56 Å². The molecule has 1 N–H and O–H groups in total. The zero-order chi connectivity index (χ0) is 23.1. The quantitative estimate of drug-likeness (QED) is 0.468. The molecule has 32 heavy (non-hydrogen) atoms. The van der Waals surface area contributed by atoms with Crippen LogP contribution in [-0.4, -0.2) is 20.2 Å². The van der Waals surface area contributed by atoms with Crippen LogP contribution in [0.5, 0.6) is 0 Å². The van der Waals surface area contributed by atoms with E-state index in [4.69, 9.17) is 0 Å². The van der Waals surface area contributed by atoms with Gasteiger partial charge < -0.3 is 9.88 Å². The highest BCUT2D eigenvalue weighted by molar-refractivity contribution is 9.10. The number of nitrogens with one attached hydrogen (secondary N) is 1. The summed E-state index contributed by atoms with van der Waals surface area (Å²) in [6.45, 7) is 1.51. The molecule has 3 aliphatic carbocycles. The number of halogens is 6. The summed E-state index contributed by atoms with van der Waals surface area (Å²) in [6, 6.07) is 2.21. The van der Waals surface area contributed by atoms with Gasteiger partial charge in [0.2, 0.25) is 0 Å². The molecule has 3 aliphatic rings. The molecule has 6 rings (SSSR count). The van der Waals surface area contributed by atoms with Crippen LogP contribution >= 0.6 is 15.9 Å². The molecule has 2 aromatic heterocycles. The van der Waals surface area contributed by atoms with E-state index in [2.05, 4.69) is 31.2 Å². The molecule has 1 aromatic carbocycles. The molecule has 11 heteroatoms. The van der Waals surface area contributed by atoms with Crippen LogP contribution in [0.1, 0.15) is 43.4 Å². The summed E-state index contributed by atoms with van der Waals surface area (Å²) < 4.78 is 69.6. The minimum atomic E-state index is -4.82. The van der Waals surface area contributed by atoms with E-state index in [0.29, 0.717) is 17.0 Å². The fourth-order valence-electron chi connectivity index (χ4n) is 4.81. The summed E-state index contributed by atoms with van der Waals surface area (Å²) in [7, 11) is 0. The third-order valence-electron chi connectivity index (χ3n) is 6.36. The van der Waals surface area contributed by atoms with Gasteiger partial charge in [-0.15, -0.1) is 0 Å². The third kappa shape index (κ3) is 3.04. The molecule has 0 aliphatic heterocycles. The van der Waals surface area contributed by atoms with Crippen molar-refractivity contribution in [2.24, 2.45) is 0 Å².